The highest BCUT2D eigenvalue weighted by atomic mass is 16.5. The summed E-state index contributed by atoms with van der Waals surface area (Å²) in [6.45, 7) is -0.295. The summed E-state index contributed by atoms with van der Waals surface area (Å²) in [6.07, 6.45) is 0. The average molecular weight is 487 g/mol. The standard InChI is InChI=1S/C27H21NO8/c1-32-21-10-7-15(12-22(21)33-2)25-26(24(30)19-5-3-4-6-20(19)36-25)34-14-23(29)28-17-8-9-18-16(11-17)13-35-27(18)31/h3-12H,13-14H2,1-2H3,(H,28,29). The van der Waals surface area contributed by atoms with Crippen molar-refractivity contribution in [3.05, 3.63) is 82.0 Å². The number of para-hydroxylation sites is 1. The Morgan fingerprint density at radius 2 is 1.78 bits per heavy atom. The second kappa shape index (κ2) is 9.46. The Morgan fingerprint density at radius 3 is 2.58 bits per heavy atom. The number of amides is 1. The van der Waals surface area contributed by atoms with Crippen LogP contribution in [0, 0.1) is 0 Å². The maximum Gasteiger partial charge on any atom is 0.338 e. The molecule has 0 atom stereocenters. The van der Waals surface area contributed by atoms with Crippen LogP contribution in [0.3, 0.4) is 0 Å². The van der Waals surface area contributed by atoms with Crippen LogP contribution in [0.4, 0.5) is 5.69 Å². The minimum atomic E-state index is -0.494. The lowest BCUT2D eigenvalue weighted by Crippen LogP contribution is -2.22. The molecule has 9 nitrogen and oxygen atoms in total. The number of cyclic esters (lactones) is 1. The predicted molar refractivity (Wildman–Crippen MR) is 131 cm³/mol. The van der Waals surface area contributed by atoms with Crippen molar-refractivity contribution in [1.82, 2.24) is 0 Å². The molecule has 0 radical (unpaired) electrons. The molecule has 0 aliphatic carbocycles. The van der Waals surface area contributed by atoms with E-state index in [9.17, 15) is 14.4 Å². The van der Waals surface area contributed by atoms with Gasteiger partial charge in [0.25, 0.3) is 5.91 Å². The van der Waals surface area contributed by atoms with Crippen LogP contribution in [0.1, 0.15) is 15.9 Å². The number of hydrogen-bond acceptors (Lipinski definition) is 8. The molecule has 182 valence electrons. The largest absolute Gasteiger partial charge is 0.493 e. The number of esters is 1. The van der Waals surface area contributed by atoms with Gasteiger partial charge in [-0.15, -0.1) is 0 Å². The summed E-state index contributed by atoms with van der Waals surface area (Å²) in [6, 6.07) is 16.7. The quantitative estimate of drug-likeness (QED) is 0.387. The fraction of sp³-hybridized carbons (Fsp3) is 0.148. The molecule has 1 amide bonds. The number of fused-ring (bicyclic) bond motifs is 2. The third kappa shape index (κ3) is 4.22. The molecule has 36 heavy (non-hydrogen) atoms. The zero-order valence-corrected chi connectivity index (χ0v) is 19.5. The summed E-state index contributed by atoms with van der Waals surface area (Å²) in [4.78, 5) is 37.6. The summed E-state index contributed by atoms with van der Waals surface area (Å²) in [5.74, 6) is 0.105. The first-order chi connectivity index (χ1) is 17.5. The van der Waals surface area contributed by atoms with Crippen LogP contribution in [-0.4, -0.2) is 32.7 Å². The van der Waals surface area contributed by atoms with E-state index in [0.29, 0.717) is 44.8 Å². The first kappa shape index (κ1) is 23.0. The van der Waals surface area contributed by atoms with Gasteiger partial charge in [0.1, 0.15) is 12.2 Å². The minimum Gasteiger partial charge on any atom is -0.493 e. The second-order valence-corrected chi connectivity index (χ2v) is 7.94. The molecule has 1 aliphatic heterocycles. The molecule has 2 heterocycles. The number of carbonyl (C=O) groups excluding carboxylic acids is 2. The SMILES string of the molecule is COc1ccc(-c2oc3ccccc3c(=O)c2OCC(=O)Nc2ccc3c(c2)COC3=O)cc1OC. The summed E-state index contributed by atoms with van der Waals surface area (Å²) in [5.41, 5.74) is 2.10. The molecular formula is C27H21NO8. The van der Waals surface area contributed by atoms with Gasteiger partial charge in [-0.3, -0.25) is 9.59 Å². The van der Waals surface area contributed by atoms with Crippen LogP contribution in [0.5, 0.6) is 17.2 Å². The zero-order chi connectivity index (χ0) is 25.2. The fourth-order valence-electron chi connectivity index (χ4n) is 3.97. The van der Waals surface area contributed by atoms with Crippen LogP contribution >= 0.6 is 0 Å². The zero-order valence-electron chi connectivity index (χ0n) is 19.5. The monoisotopic (exact) mass is 487 g/mol. The number of nitrogens with one attached hydrogen (secondary N) is 1. The summed E-state index contributed by atoms with van der Waals surface area (Å²) >= 11 is 0. The highest BCUT2D eigenvalue weighted by molar-refractivity contribution is 5.96. The Bertz CT molecular complexity index is 1560. The van der Waals surface area contributed by atoms with Gasteiger partial charge in [-0.05, 0) is 48.5 Å². The van der Waals surface area contributed by atoms with E-state index in [0.717, 1.165) is 0 Å². The maximum absolute atomic E-state index is 13.3. The van der Waals surface area contributed by atoms with Gasteiger partial charge in [0.2, 0.25) is 11.2 Å². The highest BCUT2D eigenvalue weighted by Crippen LogP contribution is 2.36. The van der Waals surface area contributed by atoms with Crippen molar-refractivity contribution in [2.45, 2.75) is 6.61 Å². The maximum atomic E-state index is 13.3. The van der Waals surface area contributed by atoms with Gasteiger partial charge < -0.3 is 28.7 Å². The summed E-state index contributed by atoms with van der Waals surface area (Å²) < 4.78 is 27.4. The Balaban J connectivity index is 1.45. The Morgan fingerprint density at radius 1 is 0.972 bits per heavy atom. The van der Waals surface area contributed by atoms with Crippen molar-refractivity contribution in [3.63, 3.8) is 0 Å². The van der Waals surface area contributed by atoms with Crippen molar-refractivity contribution < 1.29 is 33.0 Å². The van der Waals surface area contributed by atoms with Crippen LogP contribution in [0.2, 0.25) is 0 Å². The summed E-state index contributed by atoms with van der Waals surface area (Å²) in [5, 5.41) is 3.03. The van der Waals surface area contributed by atoms with Gasteiger partial charge in [-0.1, -0.05) is 12.1 Å². The molecule has 1 aliphatic rings. The third-order valence-corrected chi connectivity index (χ3v) is 5.72. The number of anilines is 1. The molecule has 5 rings (SSSR count). The fourth-order valence-corrected chi connectivity index (χ4v) is 3.97. The predicted octanol–water partition coefficient (Wildman–Crippen LogP) is 4.17. The molecule has 0 spiro atoms. The molecule has 0 bridgehead atoms. The third-order valence-electron chi connectivity index (χ3n) is 5.72. The molecule has 0 saturated carbocycles. The molecule has 0 fully saturated rings. The van der Waals surface area contributed by atoms with E-state index in [1.165, 1.54) is 14.2 Å². The van der Waals surface area contributed by atoms with Gasteiger partial charge >= 0.3 is 5.97 Å². The Hall–Kier alpha value is -4.79. The highest BCUT2D eigenvalue weighted by Gasteiger charge is 2.22. The van der Waals surface area contributed by atoms with Gasteiger partial charge in [0.05, 0.1) is 25.2 Å². The molecule has 0 saturated heterocycles. The van der Waals surface area contributed by atoms with E-state index in [-0.39, 0.29) is 18.1 Å². The van der Waals surface area contributed by atoms with Crippen molar-refractivity contribution in [1.29, 1.82) is 0 Å². The van der Waals surface area contributed by atoms with E-state index >= 15 is 0 Å². The molecule has 1 aromatic heterocycles. The number of carbonyl (C=O) groups is 2. The van der Waals surface area contributed by atoms with Crippen LogP contribution in [0.15, 0.2) is 69.9 Å². The van der Waals surface area contributed by atoms with E-state index in [4.69, 9.17) is 23.4 Å². The molecule has 1 N–H and O–H groups in total. The number of rotatable bonds is 7. The van der Waals surface area contributed by atoms with Gasteiger partial charge in [-0.2, -0.15) is 0 Å². The molecule has 3 aromatic carbocycles. The van der Waals surface area contributed by atoms with E-state index in [1.54, 1.807) is 60.7 Å². The topological polar surface area (TPSA) is 113 Å². The van der Waals surface area contributed by atoms with Crippen LogP contribution in [-0.2, 0) is 16.1 Å². The molecular weight excluding hydrogens is 466 g/mol. The lowest BCUT2D eigenvalue weighted by molar-refractivity contribution is -0.118. The van der Waals surface area contributed by atoms with Gasteiger partial charge in [-0.25, -0.2) is 4.79 Å². The first-order valence-electron chi connectivity index (χ1n) is 11.0. The summed E-state index contributed by atoms with van der Waals surface area (Å²) in [7, 11) is 3.02. The molecule has 9 heteroatoms. The molecule has 4 aromatic rings. The Labute approximate surface area is 205 Å². The normalized spacial score (nSPS) is 12.1. The van der Waals surface area contributed by atoms with Crippen molar-refractivity contribution in [3.8, 4) is 28.6 Å². The Kier molecular flexibility index (Phi) is 6.03. The number of hydrogen-bond donors (Lipinski definition) is 1. The lowest BCUT2D eigenvalue weighted by atomic mass is 10.1. The molecule has 0 unspecified atom stereocenters. The van der Waals surface area contributed by atoms with Crippen LogP contribution in [0.25, 0.3) is 22.3 Å². The number of ether oxygens (including phenoxy) is 4. The van der Waals surface area contributed by atoms with E-state index in [2.05, 4.69) is 5.32 Å². The van der Waals surface area contributed by atoms with Crippen molar-refractivity contribution in [2.24, 2.45) is 0 Å². The number of benzene rings is 3. The van der Waals surface area contributed by atoms with Gasteiger partial charge in [0, 0.05) is 16.8 Å². The second-order valence-electron chi connectivity index (χ2n) is 7.94. The average Bonchev–Trinajstić information content (AvgIpc) is 3.27. The van der Waals surface area contributed by atoms with E-state index in [1.807, 2.05) is 0 Å². The van der Waals surface area contributed by atoms with Gasteiger partial charge in [0.15, 0.2) is 23.9 Å². The van der Waals surface area contributed by atoms with E-state index < -0.39 is 23.9 Å². The van der Waals surface area contributed by atoms with Crippen molar-refractivity contribution >= 4 is 28.5 Å². The smallest absolute Gasteiger partial charge is 0.338 e. The minimum absolute atomic E-state index is 0.107. The first-order valence-corrected chi connectivity index (χ1v) is 11.0. The number of methoxy groups -OCH3 is 2. The lowest BCUT2D eigenvalue weighted by Gasteiger charge is -2.14. The van der Waals surface area contributed by atoms with Crippen LogP contribution < -0.4 is 25.0 Å². The van der Waals surface area contributed by atoms with Crippen molar-refractivity contribution in [2.75, 3.05) is 26.1 Å².